The van der Waals surface area contributed by atoms with Crippen molar-refractivity contribution in [1.82, 2.24) is 14.7 Å². The number of carbonyl (C=O) groups is 1. The van der Waals surface area contributed by atoms with Crippen molar-refractivity contribution < 1.29 is 4.79 Å². The first kappa shape index (κ1) is 13.4. The molecule has 0 saturated carbocycles. The van der Waals surface area contributed by atoms with Gasteiger partial charge in [0.25, 0.3) is 0 Å². The smallest absolute Gasteiger partial charge is 0.248 e. The molecule has 0 N–H and O–H groups in total. The maximum absolute atomic E-state index is 12.7. The van der Waals surface area contributed by atoms with Gasteiger partial charge in [-0.25, -0.2) is 0 Å². The van der Waals surface area contributed by atoms with Crippen LogP contribution >= 0.6 is 15.9 Å². The van der Waals surface area contributed by atoms with Gasteiger partial charge in [-0.05, 0) is 35.7 Å². The van der Waals surface area contributed by atoms with Crippen molar-refractivity contribution in [2.24, 2.45) is 0 Å². The molecule has 1 amide bonds. The maximum atomic E-state index is 12.7. The topological polar surface area (TPSA) is 38.1 Å². The fourth-order valence-electron chi connectivity index (χ4n) is 2.67. The van der Waals surface area contributed by atoms with Gasteiger partial charge in [-0.2, -0.15) is 5.10 Å². The Morgan fingerprint density at radius 2 is 2.20 bits per heavy atom. The standard InChI is InChI=1S/C15H16BrN3O/c1-2-14(19-7-3-6-17-19)15(20)18-9-11-4-5-13(16)8-12(11)10-18/h3-8,14H,2,9-10H2,1H3. The molecule has 0 saturated heterocycles. The number of carbonyl (C=O) groups excluding carboxylic acids is 1. The Hall–Kier alpha value is -1.62. The van der Waals surface area contributed by atoms with Gasteiger partial charge in [-0.1, -0.05) is 28.9 Å². The van der Waals surface area contributed by atoms with Gasteiger partial charge in [-0.3, -0.25) is 9.48 Å². The largest absolute Gasteiger partial charge is 0.332 e. The molecule has 1 aliphatic heterocycles. The molecule has 0 aliphatic carbocycles. The van der Waals surface area contributed by atoms with Gasteiger partial charge in [0.1, 0.15) is 6.04 Å². The van der Waals surface area contributed by atoms with Crippen LogP contribution in [0.15, 0.2) is 41.1 Å². The summed E-state index contributed by atoms with van der Waals surface area (Å²) in [4.78, 5) is 14.6. The third-order valence-corrected chi connectivity index (χ3v) is 4.21. The number of fused-ring (bicyclic) bond motifs is 1. The quantitative estimate of drug-likeness (QED) is 0.865. The summed E-state index contributed by atoms with van der Waals surface area (Å²) in [6.45, 7) is 3.40. The number of nitrogens with zero attached hydrogens (tertiary/aromatic N) is 3. The van der Waals surface area contributed by atoms with E-state index in [4.69, 9.17) is 0 Å². The molecular formula is C15H16BrN3O. The van der Waals surface area contributed by atoms with Gasteiger partial charge in [0, 0.05) is 30.0 Å². The molecule has 3 rings (SSSR count). The van der Waals surface area contributed by atoms with E-state index in [1.807, 2.05) is 30.2 Å². The number of amides is 1. The van der Waals surface area contributed by atoms with Crippen LogP contribution in [0, 0.1) is 0 Å². The van der Waals surface area contributed by atoms with Gasteiger partial charge in [-0.15, -0.1) is 0 Å². The number of hydrogen-bond donors (Lipinski definition) is 0. The molecule has 1 unspecified atom stereocenters. The number of benzene rings is 1. The summed E-state index contributed by atoms with van der Waals surface area (Å²) in [5.74, 6) is 0.142. The SMILES string of the molecule is CCC(C(=O)N1Cc2ccc(Br)cc2C1)n1cccn1. The second kappa shape index (κ2) is 5.40. The normalized spacial score (nSPS) is 15.2. The number of aromatic nitrogens is 2. The Morgan fingerprint density at radius 1 is 1.40 bits per heavy atom. The van der Waals surface area contributed by atoms with E-state index in [-0.39, 0.29) is 11.9 Å². The second-order valence-electron chi connectivity index (χ2n) is 5.02. The van der Waals surface area contributed by atoms with Crippen LogP contribution in [0.4, 0.5) is 0 Å². The summed E-state index contributed by atoms with van der Waals surface area (Å²) in [6.07, 6.45) is 4.31. The number of rotatable bonds is 3. The summed E-state index contributed by atoms with van der Waals surface area (Å²) < 4.78 is 2.81. The van der Waals surface area contributed by atoms with E-state index in [9.17, 15) is 4.79 Å². The Balaban J connectivity index is 1.80. The fourth-order valence-corrected chi connectivity index (χ4v) is 3.08. The Bertz CT molecular complexity index is 624. The molecule has 0 radical (unpaired) electrons. The molecule has 2 aromatic rings. The first-order chi connectivity index (χ1) is 9.69. The molecular weight excluding hydrogens is 318 g/mol. The highest BCUT2D eigenvalue weighted by Gasteiger charge is 2.29. The lowest BCUT2D eigenvalue weighted by Gasteiger charge is -2.22. The minimum atomic E-state index is -0.206. The van der Waals surface area contributed by atoms with Crippen LogP contribution in [0.2, 0.25) is 0 Å². The van der Waals surface area contributed by atoms with E-state index in [0.717, 1.165) is 10.9 Å². The van der Waals surface area contributed by atoms with Crippen molar-refractivity contribution >= 4 is 21.8 Å². The van der Waals surface area contributed by atoms with Gasteiger partial charge in [0.05, 0.1) is 0 Å². The monoisotopic (exact) mass is 333 g/mol. The van der Waals surface area contributed by atoms with Crippen LogP contribution in [0.1, 0.15) is 30.5 Å². The van der Waals surface area contributed by atoms with Crippen molar-refractivity contribution in [2.75, 3.05) is 0 Å². The zero-order valence-electron chi connectivity index (χ0n) is 11.3. The van der Waals surface area contributed by atoms with Crippen LogP contribution in [0.5, 0.6) is 0 Å². The van der Waals surface area contributed by atoms with Crippen molar-refractivity contribution in [1.29, 1.82) is 0 Å². The third kappa shape index (κ3) is 2.38. The van der Waals surface area contributed by atoms with Crippen LogP contribution in [0.3, 0.4) is 0 Å². The van der Waals surface area contributed by atoms with Gasteiger partial charge >= 0.3 is 0 Å². The van der Waals surface area contributed by atoms with Gasteiger partial charge < -0.3 is 4.90 Å². The summed E-state index contributed by atoms with van der Waals surface area (Å²) in [5, 5.41) is 4.20. The van der Waals surface area contributed by atoms with Gasteiger partial charge in [0.2, 0.25) is 5.91 Å². The van der Waals surface area contributed by atoms with Gasteiger partial charge in [0.15, 0.2) is 0 Å². The molecule has 0 bridgehead atoms. The van der Waals surface area contributed by atoms with Crippen LogP contribution in [-0.4, -0.2) is 20.6 Å². The maximum Gasteiger partial charge on any atom is 0.248 e. The van der Waals surface area contributed by atoms with E-state index < -0.39 is 0 Å². The lowest BCUT2D eigenvalue weighted by molar-refractivity contribution is -0.135. The molecule has 2 heterocycles. The van der Waals surface area contributed by atoms with Crippen LogP contribution in [0.25, 0.3) is 0 Å². The summed E-state index contributed by atoms with van der Waals surface area (Å²) in [6, 6.07) is 7.85. The zero-order chi connectivity index (χ0) is 14.1. The number of halogens is 1. The van der Waals surface area contributed by atoms with Crippen molar-refractivity contribution in [3.63, 3.8) is 0 Å². The molecule has 0 spiro atoms. The molecule has 1 aromatic carbocycles. The van der Waals surface area contributed by atoms with E-state index in [1.54, 1.807) is 10.9 Å². The molecule has 20 heavy (non-hydrogen) atoms. The molecule has 4 nitrogen and oxygen atoms in total. The Morgan fingerprint density at radius 3 is 2.90 bits per heavy atom. The average Bonchev–Trinajstić information content (AvgIpc) is 3.07. The van der Waals surface area contributed by atoms with Crippen LogP contribution in [-0.2, 0) is 17.9 Å². The Kier molecular flexibility index (Phi) is 3.61. The predicted octanol–water partition coefficient (Wildman–Crippen LogP) is 3.14. The summed E-state index contributed by atoms with van der Waals surface area (Å²) in [5.41, 5.74) is 2.46. The minimum absolute atomic E-state index is 0.142. The fraction of sp³-hybridized carbons (Fsp3) is 0.333. The highest BCUT2D eigenvalue weighted by Crippen LogP contribution is 2.28. The first-order valence-electron chi connectivity index (χ1n) is 6.74. The van der Waals surface area contributed by atoms with E-state index in [0.29, 0.717) is 13.1 Å². The summed E-state index contributed by atoms with van der Waals surface area (Å²) in [7, 11) is 0. The average molecular weight is 334 g/mol. The molecule has 1 atom stereocenters. The zero-order valence-corrected chi connectivity index (χ0v) is 12.9. The predicted molar refractivity (Wildman–Crippen MR) is 80.0 cm³/mol. The van der Waals surface area contributed by atoms with Crippen molar-refractivity contribution in [3.8, 4) is 0 Å². The first-order valence-corrected chi connectivity index (χ1v) is 7.53. The highest BCUT2D eigenvalue weighted by atomic mass is 79.9. The molecule has 1 aliphatic rings. The van der Waals surface area contributed by atoms with Crippen LogP contribution < -0.4 is 0 Å². The lowest BCUT2D eigenvalue weighted by atomic mass is 10.1. The van der Waals surface area contributed by atoms with Crippen molar-refractivity contribution in [2.45, 2.75) is 32.5 Å². The lowest BCUT2D eigenvalue weighted by Crippen LogP contribution is -2.33. The van der Waals surface area contributed by atoms with E-state index in [1.165, 1.54) is 11.1 Å². The second-order valence-corrected chi connectivity index (χ2v) is 5.93. The molecule has 104 valence electrons. The molecule has 5 heteroatoms. The Labute approximate surface area is 126 Å². The number of hydrogen-bond acceptors (Lipinski definition) is 2. The third-order valence-electron chi connectivity index (χ3n) is 3.72. The summed E-state index contributed by atoms with van der Waals surface area (Å²) >= 11 is 3.48. The highest BCUT2D eigenvalue weighted by molar-refractivity contribution is 9.10. The van der Waals surface area contributed by atoms with E-state index in [2.05, 4.69) is 33.2 Å². The van der Waals surface area contributed by atoms with E-state index >= 15 is 0 Å². The molecule has 0 fully saturated rings. The molecule has 1 aromatic heterocycles. The van der Waals surface area contributed by atoms with Crippen molar-refractivity contribution in [3.05, 3.63) is 52.3 Å². The minimum Gasteiger partial charge on any atom is -0.332 e.